The van der Waals surface area contributed by atoms with E-state index in [2.05, 4.69) is 12.1 Å². The van der Waals surface area contributed by atoms with Gasteiger partial charge in [0.25, 0.3) is 0 Å². The van der Waals surface area contributed by atoms with Crippen LogP contribution in [0.3, 0.4) is 0 Å². The van der Waals surface area contributed by atoms with Crippen molar-refractivity contribution < 1.29 is 18.9 Å². The van der Waals surface area contributed by atoms with Crippen molar-refractivity contribution in [2.45, 2.75) is 63.3 Å². The minimum Gasteiger partial charge on any atom is -0.403 e. The molecule has 2 fully saturated rings. The Labute approximate surface area is 208 Å². The van der Waals surface area contributed by atoms with Gasteiger partial charge in [0, 0.05) is 12.0 Å². The first-order valence-corrected chi connectivity index (χ1v) is 12.3. The molecule has 0 saturated carbocycles. The Morgan fingerprint density at radius 3 is 1.89 bits per heavy atom. The third-order valence-electron chi connectivity index (χ3n) is 7.50. The molecule has 0 N–H and O–H groups in total. The zero-order chi connectivity index (χ0) is 24.6. The lowest BCUT2D eigenvalue weighted by molar-refractivity contribution is 0.00578. The normalized spacial score (nSPS) is 25.1. The molecule has 0 amide bonds. The minimum atomic E-state index is -0.608. The molecule has 5 rings (SSSR count). The maximum absolute atomic E-state index is 14.1. The molecule has 0 bridgehead atoms. The molecule has 0 radical (unpaired) electrons. The summed E-state index contributed by atoms with van der Waals surface area (Å²) in [6, 6.07) is 28.8. The van der Waals surface area contributed by atoms with Gasteiger partial charge in [-0.2, -0.15) is 0 Å². The summed E-state index contributed by atoms with van der Waals surface area (Å²) in [5.74, 6) is -0.353. The summed E-state index contributed by atoms with van der Waals surface area (Å²) in [5, 5.41) is 1.78. The van der Waals surface area contributed by atoms with Crippen molar-refractivity contribution in [2.75, 3.05) is 5.06 Å². The number of anilines is 1. The maximum atomic E-state index is 14.1. The molecule has 6 heteroatoms. The van der Waals surface area contributed by atoms with E-state index in [-0.39, 0.29) is 17.7 Å². The summed E-state index contributed by atoms with van der Waals surface area (Å²) in [7, 11) is -0.597. The van der Waals surface area contributed by atoms with Crippen LogP contribution in [0.15, 0.2) is 91.0 Å². The zero-order valence-electron chi connectivity index (χ0n) is 20.8. The Hall–Kier alpha value is -2.93. The van der Waals surface area contributed by atoms with Gasteiger partial charge >= 0.3 is 7.12 Å². The number of benzene rings is 3. The van der Waals surface area contributed by atoms with Crippen molar-refractivity contribution in [1.29, 1.82) is 0 Å². The molecule has 3 atom stereocenters. The molecule has 0 aliphatic carbocycles. The van der Waals surface area contributed by atoms with E-state index < -0.39 is 24.4 Å². The summed E-state index contributed by atoms with van der Waals surface area (Å²) in [6.45, 7) is 8.16. The van der Waals surface area contributed by atoms with E-state index >= 15 is 0 Å². The Balaban J connectivity index is 1.59. The van der Waals surface area contributed by atoms with Gasteiger partial charge in [0.05, 0.1) is 28.8 Å². The number of Topliss-reactive ketones (excluding diaryl/α,β-unsaturated/α-hetero) is 1. The van der Waals surface area contributed by atoms with Crippen LogP contribution < -0.4 is 5.06 Å². The summed E-state index contributed by atoms with van der Waals surface area (Å²) >= 11 is 0. The number of para-hydroxylation sites is 1. The van der Waals surface area contributed by atoms with Crippen LogP contribution in [-0.4, -0.2) is 36.2 Å². The molecule has 2 aliphatic rings. The number of rotatable bonds is 6. The Kier molecular flexibility index (Phi) is 6.30. The second kappa shape index (κ2) is 9.27. The highest BCUT2D eigenvalue weighted by atomic mass is 16.7. The van der Waals surface area contributed by atoms with E-state index in [1.165, 1.54) is 0 Å². The van der Waals surface area contributed by atoms with Crippen LogP contribution >= 0.6 is 0 Å². The van der Waals surface area contributed by atoms with Gasteiger partial charge in [-0.05, 0) is 45.4 Å². The molecule has 3 aromatic carbocycles. The topological polar surface area (TPSA) is 48.0 Å². The molecule has 0 aromatic heterocycles. The van der Waals surface area contributed by atoms with Crippen molar-refractivity contribution in [3.63, 3.8) is 0 Å². The molecular formula is C29H32BNO4. The van der Waals surface area contributed by atoms with Gasteiger partial charge in [-0.15, -0.1) is 0 Å². The van der Waals surface area contributed by atoms with E-state index in [1.54, 1.807) is 5.06 Å². The van der Waals surface area contributed by atoms with Gasteiger partial charge in [-0.3, -0.25) is 9.63 Å². The lowest BCUT2D eigenvalue weighted by atomic mass is 9.62. The number of nitrogens with zero attached hydrogens (tertiary/aromatic N) is 1. The van der Waals surface area contributed by atoms with Crippen LogP contribution in [0.5, 0.6) is 0 Å². The third kappa shape index (κ3) is 4.54. The van der Waals surface area contributed by atoms with Crippen molar-refractivity contribution in [3.8, 4) is 0 Å². The van der Waals surface area contributed by atoms with Crippen molar-refractivity contribution in [2.24, 2.45) is 0 Å². The Bertz CT molecular complexity index is 1140. The van der Waals surface area contributed by atoms with Crippen LogP contribution in [0.25, 0.3) is 0 Å². The number of hydrogen-bond donors (Lipinski definition) is 0. The SMILES string of the molecule is CC1(C)OB([C@@H]2[C@@H](Cc3ccccc3)ON(c3ccccc3)[C@H]2C(=O)c2ccccc2)OC1(C)C. The second-order valence-corrected chi connectivity index (χ2v) is 10.4. The molecule has 0 unspecified atom stereocenters. The fourth-order valence-corrected chi connectivity index (χ4v) is 4.88. The molecule has 2 saturated heterocycles. The fraction of sp³-hybridized carbons (Fsp3) is 0.345. The van der Waals surface area contributed by atoms with Gasteiger partial charge in [0.2, 0.25) is 0 Å². The van der Waals surface area contributed by atoms with Gasteiger partial charge in [-0.25, -0.2) is 5.06 Å². The van der Waals surface area contributed by atoms with Crippen molar-refractivity contribution >= 4 is 18.6 Å². The first-order valence-electron chi connectivity index (χ1n) is 12.3. The average Bonchev–Trinajstić information content (AvgIpc) is 3.33. The molecule has 3 aromatic rings. The highest BCUT2D eigenvalue weighted by Gasteiger charge is 2.62. The molecule has 2 aliphatic heterocycles. The first-order chi connectivity index (χ1) is 16.8. The third-order valence-corrected chi connectivity index (χ3v) is 7.50. The van der Waals surface area contributed by atoms with E-state index in [0.29, 0.717) is 12.0 Å². The summed E-state index contributed by atoms with van der Waals surface area (Å²) in [6.07, 6.45) is 0.322. The zero-order valence-corrected chi connectivity index (χ0v) is 20.8. The average molecular weight is 469 g/mol. The van der Waals surface area contributed by atoms with Crippen molar-refractivity contribution in [1.82, 2.24) is 0 Å². The predicted molar refractivity (Wildman–Crippen MR) is 138 cm³/mol. The van der Waals surface area contributed by atoms with E-state index in [9.17, 15) is 4.79 Å². The van der Waals surface area contributed by atoms with Crippen LogP contribution in [0.2, 0.25) is 5.82 Å². The summed E-state index contributed by atoms with van der Waals surface area (Å²) in [4.78, 5) is 20.7. The fourth-order valence-electron chi connectivity index (χ4n) is 4.88. The van der Waals surface area contributed by atoms with Gasteiger partial charge < -0.3 is 9.31 Å². The molecule has 5 nitrogen and oxygen atoms in total. The standard InChI is InChI=1S/C29H32BNO4/c1-28(2)29(3,4)35-30(34-28)25-24(20-21-14-8-5-9-15-21)33-31(23-18-12-7-13-19-23)26(25)27(32)22-16-10-6-11-17-22/h5-19,24-26H,20H2,1-4H3/t24-,25-,26-/m1/s1. The van der Waals surface area contributed by atoms with Crippen LogP contribution in [0, 0.1) is 0 Å². The molecule has 35 heavy (non-hydrogen) atoms. The largest absolute Gasteiger partial charge is 0.466 e. The molecule has 180 valence electrons. The van der Waals surface area contributed by atoms with Gasteiger partial charge in [0.15, 0.2) is 5.78 Å². The minimum absolute atomic E-state index is 0.00951. The highest BCUT2D eigenvalue weighted by molar-refractivity contribution is 6.49. The summed E-state index contributed by atoms with van der Waals surface area (Å²) in [5.41, 5.74) is 1.58. The first kappa shape index (κ1) is 23.8. The smallest absolute Gasteiger partial charge is 0.403 e. The maximum Gasteiger partial charge on any atom is 0.466 e. The lowest BCUT2D eigenvalue weighted by Crippen LogP contribution is -2.44. The number of hydroxylamine groups is 1. The number of carbonyl (C=O) groups excluding carboxylic acids is 1. The van der Waals surface area contributed by atoms with Crippen molar-refractivity contribution in [3.05, 3.63) is 102 Å². The predicted octanol–water partition coefficient (Wildman–Crippen LogP) is 5.76. The molecule has 2 heterocycles. The number of ketones is 1. The second-order valence-electron chi connectivity index (χ2n) is 10.4. The highest BCUT2D eigenvalue weighted by Crippen LogP contribution is 2.48. The number of carbonyl (C=O) groups is 1. The van der Waals surface area contributed by atoms with Crippen LogP contribution in [0.4, 0.5) is 5.69 Å². The van der Waals surface area contributed by atoms with Gasteiger partial charge in [-0.1, -0.05) is 78.9 Å². The van der Waals surface area contributed by atoms with Gasteiger partial charge in [0.1, 0.15) is 6.04 Å². The summed E-state index contributed by atoms with van der Waals surface area (Å²) < 4.78 is 13.1. The lowest BCUT2D eigenvalue weighted by Gasteiger charge is -2.32. The van der Waals surface area contributed by atoms with E-state index in [0.717, 1.165) is 11.3 Å². The van der Waals surface area contributed by atoms with Crippen LogP contribution in [-0.2, 0) is 20.6 Å². The van der Waals surface area contributed by atoms with E-state index in [4.69, 9.17) is 14.1 Å². The Morgan fingerprint density at radius 1 is 0.800 bits per heavy atom. The van der Waals surface area contributed by atoms with Crippen LogP contribution in [0.1, 0.15) is 43.6 Å². The quantitative estimate of drug-likeness (QED) is 0.339. The molecular weight excluding hydrogens is 437 g/mol. The molecule has 0 spiro atoms. The number of hydrogen-bond acceptors (Lipinski definition) is 5. The Morgan fingerprint density at radius 2 is 1.31 bits per heavy atom. The van der Waals surface area contributed by atoms with E-state index in [1.807, 2.05) is 107 Å². The monoisotopic (exact) mass is 469 g/mol.